The first-order chi connectivity index (χ1) is 13.9. The van der Waals surface area contributed by atoms with E-state index >= 15 is 0 Å². The van der Waals surface area contributed by atoms with E-state index in [1.54, 1.807) is 18.7 Å². The van der Waals surface area contributed by atoms with Crippen LogP contribution < -0.4 is 10.2 Å². The second kappa shape index (κ2) is 8.86. The fourth-order valence-corrected chi connectivity index (χ4v) is 3.26. The van der Waals surface area contributed by atoms with Gasteiger partial charge in [-0.05, 0) is 36.1 Å². The fraction of sp³-hybridized carbons (Fsp3) is 0.318. The van der Waals surface area contributed by atoms with Crippen LogP contribution in [0.25, 0.3) is 0 Å². The van der Waals surface area contributed by atoms with E-state index in [9.17, 15) is 18.8 Å². The largest absolute Gasteiger partial charge is 0.454 e. The smallest absolute Gasteiger partial charge is 0.329 e. The molecule has 152 valence electrons. The van der Waals surface area contributed by atoms with Gasteiger partial charge in [-0.3, -0.25) is 9.59 Å². The van der Waals surface area contributed by atoms with E-state index in [4.69, 9.17) is 4.74 Å². The molecule has 2 aromatic carbocycles. The van der Waals surface area contributed by atoms with E-state index in [1.807, 2.05) is 24.3 Å². The number of carbonyl (C=O) groups excluding carboxylic acids is 3. The van der Waals surface area contributed by atoms with Crippen molar-refractivity contribution < 1.29 is 23.5 Å². The minimum atomic E-state index is -0.999. The lowest BCUT2D eigenvalue weighted by Crippen LogP contribution is -2.46. The molecule has 0 aliphatic carbocycles. The van der Waals surface area contributed by atoms with Gasteiger partial charge in [0.15, 0.2) is 6.61 Å². The number of carbonyl (C=O) groups is 3. The van der Waals surface area contributed by atoms with E-state index in [2.05, 4.69) is 5.32 Å². The molecule has 0 bridgehead atoms. The van der Waals surface area contributed by atoms with Gasteiger partial charge >= 0.3 is 5.97 Å². The van der Waals surface area contributed by atoms with Crippen LogP contribution in [0, 0.1) is 11.7 Å². The van der Waals surface area contributed by atoms with Crippen molar-refractivity contribution >= 4 is 23.5 Å². The standard InChI is InChI=1S/C22H23FN2O4/c1-14(2)20(24-21(27)16-8-4-5-9-17(16)23)22(28)29-13-19(26)25-12-11-15-7-3-6-10-18(15)25/h3-10,14,20H,11-13H2,1-2H3,(H,24,27)/t20-/m0/s1. The molecular weight excluding hydrogens is 375 g/mol. The molecule has 29 heavy (non-hydrogen) atoms. The zero-order chi connectivity index (χ0) is 21.0. The maximum atomic E-state index is 13.8. The average molecular weight is 398 g/mol. The minimum Gasteiger partial charge on any atom is -0.454 e. The first-order valence-electron chi connectivity index (χ1n) is 9.48. The van der Waals surface area contributed by atoms with Crippen LogP contribution in [-0.2, 0) is 20.7 Å². The highest BCUT2D eigenvalue weighted by atomic mass is 19.1. The second-order valence-electron chi connectivity index (χ2n) is 7.21. The summed E-state index contributed by atoms with van der Waals surface area (Å²) in [5.74, 6) is -2.75. The molecule has 1 atom stereocenters. The van der Waals surface area contributed by atoms with Gasteiger partial charge in [-0.15, -0.1) is 0 Å². The van der Waals surface area contributed by atoms with Crippen LogP contribution in [0.3, 0.4) is 0 Å². The summed E-state index contributed by atoms with van der Waals surface area (Å²) in [5, 5.41) is 2.50. The molecule has 7 heteroatoms. The van der Waals surface area contributed by atoms with Crippen molar-refractivity contribution in [2.75, 3.05) is 18.1 Å². The molecule has 0 radical (unpaired) electrons. The molecular formula is C22H23FN2O4. The van der Waals surface area contributed by atoms with Crippen molar-refractivity contribution in [1.82, 2.24) is 5.32 Å². The fourth-order valence-electron chi connectivity index (χ4n) is 3.26. The normalized spacial score (nSPS) is 13.7. The van der Waals surface area contributed by atoms with Gasteiger partial charge in [0.05, 0.1) is 5.56 Å². The lowest BCUT2D eigenvalue weighted by atomic mass is 10.0. The summed E-state index contributed by atoms with van der Waals surface area (Å²) in [6, 6.07) is 12.1. The van der Waals surface area contributed by atoms with Crippen molar-refractivity contribution in [1.29, 1.82) is 0 Å². The summed E-state index contributed by atoms with van der Waals surface area (Å²) in [7, 11) is 0. The topological polar surface area (TPSA) is 75.7 Å². The predicted octanol–water partition coefficient (Wildman–Crippen LogP) is 2.71. The lowest BCUT2D eigenvalue weighted by molar-refractivity contribution is -0.150. The molecule has 1 aliphatic rings. The van der Waals surface area contributed by atoms with Gasteiger partial charge in [-0.25, -0.2) is 9.18 Å². The van der Waals surface area contributed by atoms with E-state index in [1.165, 1.54) is 24.3 Å². The summed E-state index contributed by atoms with van der Waals surface area (Å²) in [6.07, 6.45) is 0.753. The van der Waals surface area contributed by atoms with Crippen LogP contribution in [0.2, 0.25) is 0 Å². The van der Waals surface area contributed by atoms with Gasteiger partial charge in [-0.2, -0.15) is 0 Å². The van der Waals surface area contributed by atoms with E-state index in [-0.39, 0.29) is 17.4 Å². The third-order valence-corrected chi connectivity index (χ3v) is 4.85. The molecule has 0 fully saturated rings. The number of nitrogens with zero attached hydrogens (tertiary/aromatic N) is 1. The van der Waals surface area contributed by atoms with Crippen molar-refractivity contribution in [2.45, 2.75) is 26.3 Å². The first-order valence-corrected chi connectivity index (χ1v) is 9.48. The van der Waals surface area contributed by atoms with Gasteiger partial charge in [0.1, 0.15) is 11.9 Å². The van der Waals surface area contributed by atoms with Crippen LogP contribution >= 0.6 is 0 Å². The lowest BCUT2D eigenvalue weighted by Gasteiger charge is -2.22. The quantitative estimate of drug-likeness (QED) is 0.760. The molecule has 0 unspecified atom stereocenters. The van der Waals surface area contributed by atoms with Crippen LogP contribution in [0.15, 0.2) is 48.5 Å². The third-order valence-electron chi connectivity index (χ3n) is 4.85. The number of para-hydroxylation sites is 1. The molecule has 2 aromatic rings. The number of benzene rings is 2. The summed E-state index contributed by atoms with van der Waals surface area (Å²) in [6.45, 7) is 3.57. The molecule has 0 saturated carbocycles. The van der Waals surface area contributed by atoms with Crippen molar-refractivity contribution in [3.8, 4) is 0 Å². The Balaban J connectivity index is 1.61. The molecule has 1 heterocycles. The zero-order valence-corrected chi connectivity index (χ0v) is 16.4. The number of hydrogen-bond donors (Lipinski definition) is 1. The Bertz CT molecular complexity index is 929. The van der Waals surface area contributed by atoms with Crippen molar-refractivity contribution in [3.05, 3.63) is 65.5 Å². The number of nitrogens with one attached hydrogen (secondary N) is 1. The van der Waals surface area contributed by atoms with Gasteiger partial charge in [0.25, 0.3) is 11.8 Å². The number of amides is 2. The van der Waals surface area contributed by atoms with Crippen LogP contribution in [-0.4, -0.2) is 37.0 Å². The van der Waals surface area contributed by atoms with E-state index in [0.29, 0.717) is 6.54 Å². The molecule has 2 amide bonds. The number of ether oxygens (including phenoxy) is 1. The molecule has 0 saturated heterocycles. The summed E-state index contributed by atoms with van der Waals surface area (Å²) in [5.41, 5.74) is 1.74. The average Bonchev–Trinajstić information content (AvgIpc) is 3.14. The Morgan fingerprint density at radius 1 is 1.10 bits per heavy atom. The molecule has 1 aliphatic heterocycles. The third kappa shape index (κ3) is 4.62. The molecule has 3 rings (SSSR count). The molecule has 1 N–H and O–H groups in total. The maximum absolute atomic E-state index is 13.8. The van der Waals surface area contributed by atoms with Crippen LogP contribution in [0.5, 0.6) is 0 Å². The van der Waals surface area contributed by atoms with Gasteiger partial charge < -0.3 is 15.0 Å². The number of fused-ring (bicyclic) bond motifs is 1. The minimum absolute atomic E-state index is 0.157. The number of halogens is 1. The highest BCUT2D eigenvalue weighted by Crippen LogP contribution is 2.27. The molecule has 0 aromatic heterocycles. The van der Waals surface area contributed by atoms with Gasteiger partial charge in [-0.1, -0.05) is 44.2 Å². The van der Waals surface area contributed by atoms with Gasteiger partial charge in [0, 0.05) is 12.2 Å². The van der Waals surface area contributed by atoms with Gasteiger partial charge in [0.2, 0.25) is 0 Å². The second-order valence-corrected chi connectivity index (χ2v) is 7.21. The Kier molecular flexibility index (Phi) is 6.26. The molecule has 0 spiro atoms. The molecule has 6 nitrogen and oxygen atoms in total. The first kappa shape index (κ1) is 20.5. The number of rotatable bonds is 6. The predicted molar refractivity (Wildman–Crippen MR) is 106 cm³/mol. The highest BCUT2D eigenvalue weighted by molar-refractivity contribution is 5.99. The number of anilines is 1. The maximum Gasteiger partial charge on any atom is 0.329 e. The van der Waals surface area contributed by atoms with E-state index < -0.39 is 30.3 Å². The highest BCUT2D eigenvalue weighted by Gasteiger charge is 2.29. The Morgan fingerprint density at radius 2 is 1.79 bits per heavy atom. The Hall–Kier alpha value is -3.22. The van der Waals surface area contributed by atoms with Crippen molar-refractivity contribution in [3.63, 3.8) is 0 Å². The zero-order valence-electron chi connectivity index (χ0n) is 16.4. The summed E-state index contributed by atoms with van der Waals surface area (Å²) >= 11 is 0. The Labute approximate surface area is 168 Å². The number of hydrogen-bond acceptors (Lipinski definition) is 4. The van der Waals surface area contributed by atoms with Crippen LogP contribution in [0.1, 0.15) is 29.8 Å². The van der Waals surface area contributed by atoms with Crippen molar-refractivity contribution in [2.24, 2.45) is 5.92 Å². The monoisotopic (exact) mass is 398 g/mol. The van der Waals surface area contributed by atoms with E-state index in [0.717, 1.165) is 17.7 Å². The Morgan fingerprint density at radius 3 is 2.52 bits per heavy atom. The van der Waals surface area contributed by atoms with Crippen LogP contribution in [0.4, 0.5) is 10.1 Å². The SMILES string of the molecule is CC(C)[C@H](NC(=O)c1ccccc1F)C(=O)OCC(=O)N1CCc2ccccc21. The summed E-state index contributed by atoms with van der Waals surface area (Å²) < 4.78 is 19.0. The number of esters is 1. The summed E-state index contributed by atoms with van der Waals surface area (Å²) in [4.78, 5) is 38.9.